The van der Waals surface area contributed by atoms with Gasteiger partial charge in [-0.05, 0) is 12.1 Å². The summed E-state index contributed by atoms with van der Waals surface area (Å²) in [5.41, 5.74) is 1.03. The first-order valence-corrected chi connectivity index (χ1v) is 16.0. The molecule has 5 heteroatoms. The summed E-state index contributed by atoms with van der Waals surface area (Å²) in [7, 11) is -2.56. The Labute approximate surface area is 212 Å². The van der Waals surface area contributed by atoms with Gasteiger partial charge in [-0.1, -0.05) is 151 Å². The lowest BCUT2D eigenvalue weighted by molar-refractivity contribution is 1.64. The van der Waals surface area contributed by atoms with E-state index in [0.717, 1.165) is 26.9 Å². The van der Waals surface area contributed by atoms with Crippen molar-refractivity contribution in [2.75, 3.05) is 5.09 Å². The van der Waals surface area contributed by atoms with Crippen LogP contribution in [0.4, 0.5) is 5.69 Å². The maximum Gasteiger partial charge on any atom is 0.115 e. The minimum absolute atomic E-state index is 1.03. The van der Waals surface area contributed by atoms with E-state index in [2.05, 4.69) is 139 Å². The van der Waals surface area contributed by atoms with Crippen molar-refractivity contribution in [3.8, 4) is 0 Å². The Kier molecular flexibility index (Phi) is 7.11. The van der Waals surface area contributed by atoms with Gasteiger partial charge in [0.1, 0.15) is 13.4 Å². The molecule has 5 aromatic carbocycles. The molecule has 0 amide bonds. The first kappa shape index (κ1) is 23.5. The van der Waals surface area contributed by atoms with Gasteiger partial charge >= 0.3 is 0 Å². The van der Waals surface area contributed by atoms with Crippen molar-refractivity contribution < 1.29 is 0 Å². The van der Waals surface area contributed by atoms with Gasteiger partial charge in [-0.3, -0.25) is 0 Å². The maximum absolute atomic E-state index is 6.63. The zero-order valence-corrected chi connectivity index (χ0v) is 21.8. The molecule has 1 N–H and O–H groups in total. The molecule has 5 rings (SSSR count). The molecular formula is C30H26N2P2S. The van der Waals surface area contributed by atoms with Gasteiger partial charge in [-0.2, -0.15) is 0 Å². The zero-order valence-electron chi connectivity index (χ0n) is 19.2. The fraction of sp³-hybridized carbons (Fsp3) is 0. The van der Waals surface area contributed by atoms with E-state index < -0.39 is 13.4 Å². The van der Waals surface area contributed by atoms with E-state index in [1.807, 2.05) is 18.2 Å². The van der Waals surface area contributed by atoms with Crippen molar-refractivity contribution in [2.45, 2.75) is 0 Å². The molecule has 0 bridgehead atoms. The largest absolute Gasteiger partial charge is 0.345 e. The summed E-state index contributed by atoms with van der Waals surface area (Å²) in [6.45, 7) is 0. The lowest BCUT2D eigenvalue weighted by atomic mass is 10.3. The molecular weight excluding hydrogens is 482 g/mol. The second kappa shape index (κ2) is 10.6. The zero-order chi connectivity index (χ0) is 24.0. The molecule has 0 aliphatic carbocycles. The molecule has 0 saturated carbocycles. The van der Waals surface area contributed by atoms with E-state index >= 15 is 0 Å². The third-order valence-electron chi connectivity index (χ3n) is 5.80. The van der Waals surface area contributed by atoms with E-state index in [9.17, 15) is 0 Å². The fourth-order valence-corrected chi connectivity index (χ4v) is 12.9. The minimum Gasteiger partial charge on any atom is -0.345 e. The van der Waals surface area contributed by atoms with E-state index in [0.29, 0.717) is 0 Å². The molecule has 0 spiro atoms. The van der Waals surface area contributed by atoms with Crippen molar-refractivity contribution in [2.24, 2.45) is 4.52 Å². The average molecular weight is 509 g/mol. The van der Waals surface area contributed by atoms with Crippen LogP contribution in [0.5, 0.6) is 0 Å². The van der Waals surface area contributed by atoms with Gasteiger partial charge in [0.25, 0.3) is 0 Å². The SMILES string of the molecule is S=P(N=P(Nc1ccccc1)(c1ccccc1)c1ccccc1)(c1ccccc1)c1ccccc1. The van der Waals surface area contributed by atoms with Crippen LogP contribution in [-0.2, 0) is 11.8 Å². The number of nitrogens with zero attached hydrogens (tertiary/aromatic N) is 1. The number of rotatable bonds is 7. The Morgan fingerprint density at radius 2 is 0.743 bits per heavy atom. The third-order valence-corrected chi connectivity index (χ3v) is 14.5. The molecule has 0 saturated heterocycles. The van der Waals surface area contributed by atoms with E-state index in [-0.39, 0.29) is 0 Å². The van der Waals surface area contributed by atoms with Gasteiger partial charge in [0.05, 0.1) is 0 Å². The van der Waals surface area contributed by atoms with Crippen LogP contribution in [0.1, 0.15) is 0 Å². The summed E-state index contributed by atoms with van der Waals surface area (Å²) in [5, 5.41) is 8.40. The quantitative estimate of drug-likeness (QED) is 0.242. The van der Waals surface area contributed by atoms with Crippen molar-refractivity contribution in [3.63, 3.8) is 0 Å². The Hall–Kier alpha value is -3.22. The standard InChI is InChI=1S/C30H26N2P2S/c35-34(29-22-12-4-13-23-29,30-24-14-5-15-25-30)32-33(27-18-8-2-9-19-27,28-20-10-3-11-21-28)31-26-16-6-1-7-17-26/h1-25,31H. The Morgan fingerprint density at radius 3 is 1.11 bits per heavy atom. The smallest absolute Gasteiger partial charge is 0.115 e. The van der Waals surface area contributed by atoms with E-state index in [1.165, 1.54) is 0 Å². The first-order chi connectivity index (χ1) is 17.2. The monoisotopic (exact) mass is 508 g/mol. The number of anilines is 1. The molecule has 5 aromatic rings. The number of benzene rings is 5. The van der Waals surface area contributed by atoms with E-state index in [4.69, 9.17) is 16.3 Å². The molecule has 0 aliphatic heterocycles. The van der Waals surface area contributed by atoms with Gasteiger partial charge in [-0.25, -0.2) is 4.52 Å². The van der Waals surface area contributed by atoms with Crippen LogP contribution in [-0.4, -0.2) is 0 Å². The van der Waals surface area contributed by atoms with Gasteiger partial charge in [-0.15, -0.1) is 0 Å². The average Bonchev–Trinajstić information content (AvgIpc) is 2.95. The van der Waals surface area contributed by atoms with Crippen LogP contribution >= 0.6 is 13.4 Å². The molecule has 0 aliphatic rings. The number of para-hydroxylation sites is 1. The highest BCUT2D eigenvalue weighted by Gasteiger charge is 2.31. The highest BCUT2D eigenvalue weighted by molar-refractivity contribution is 8.22. The maximum atomic E-state index is 6.63. The Morgan fingerprint density at radius 1 is 0.429 bits per heavy atom. The molecule has 0 heterocycles. The van der Waals surface area contributed by atoms with Crippen LogP contribution in [0.3, 0.4) is 0 Å². The molecule has 0 unspecified atom stereocenters. The summed E-state index contributed by atoms with van der Waals surface area (Å²) in [6, 6.07) is 52.3. The highest BCUT2D eigenvalue weighted by atomic mass is 32.4. The van der Waals surface area contributed by atoms with Crippen molar-refractivity contribution >= 4 is 52.1 Å². The van der Waals surface area contributed by atoms with Gasteiger partial charge in [0.2, 0.25) is 0 Å². The predicted octanol–water partition coefficient (Wildman–Crippen LogP) is 6.91. The van der Waals surface area contributed by atoms with Crippen LogP contribution in [0.2, 0.25) is 0 Å². The number of hydrogen-bond donors (Lipinski definition) is 1. The van der Waals surface area contributed by atoms with E-state index in [1.54, 1.807) is 0 Å². The molecule has 0 radical (unpaired) electrons. The second-order valence-electron chi connectivity index (χ2n) is 8.12. The first-order valence-electron chi connectivity index (χ1n) is 11.5. The third kappa shape index (κ3) is 4.95. The van der Waals surface area contributed by atoms with Gasteiger partial charge in [0.15, 0.2) is 0 Å². The molecule has 0 atom stereocenters. The highest BCUT2D eigenvalue weighted by Crippen LogP contribution is 2.59. The molecule has 0 fully saturated rings. The summed E-state index contributed by atoms with van der Waals surface area (Å²) in [6.07, 6.45) is -2.57. The molecule has 2 nitrogen and oxygen atoms in total. The molecule has 35 heavy (non-hydrogen) atoms. The van der Waals surface area contributed by atoms with Crippen LogP contribution in [0, 0.1) is 0 Å². The Bertz CT molecular complexity index is 1390. The lowest BCUT2D eigenvalue weighted by Gasteiger charge is -2.32. The summed E-state index contributed by atoms with van der Waals surface area (Å²) < 4.78 is 5.84. The second-order valence-corrected chi connectivity index (χ2v) is 15.1. The van der Waals surface area contributed by atoms with Crippen molar-refractivity contribution in [3.05, 3.63) is 152 Å². The molecule has 172 valence electrons. The van der Waals surface area contributed by atoms with Gasteiger partial charge < -0.3 is 5.09 Å². The van der Waals surface area contributed by atoms with Crippen LogP contribution in [0.25, 0.3) is 0 Å². The summed E-state index contributed by atoms with van der Waals surface area (Å²) >= 11 is 6.63. The normalized spacial score (nSPS) is 11.5. The van der Waals surface area contributed by atoms with Crippen LogP contribution in [0.15, 0.2) is 156 Å². The minimum atomic E-state index is -2.57. The number of nitrogens with one attached hydrogen (secondary N) is 1. The number of hydrogen-bond acceptors (Lipinski definition) is 1. The van der Waals surface area contributed by atoms with Gasteiger partial charge in [0, 0.05) is 26.9 Å². The lowest BCUT2D eigenvalue weighted by Crippen LogP contribution is -2.24. The Balaban J connectivity index is 1.90. The van der Waals surface area contributed by atoms with Crippen molar-refractivity contribution in [1.82, 2.24) is 0 Å². The predicted molar refractivity (Wildman–Crippen MR) is 158 cm³/mol. The molecule has 0 aromatic heterocycles. The van der Waals surface area contributed by atoms with Crippen molar-refractivity contribution in [1.29, 1.82) is 0 Å². The topological polar surface area (TPSA) is 24.4 Å². The van der Waals surface area contributed by atoms with Crippen LogP contribution < -0.4 is 26.3 Å². The summed E-state index contributed by atoms with van der Waals surface area (Å²) in [4.78, 5) is 0. The summed E-state index contributed by atoms with van der Waals surface area (Å²) in [5.74, 6) is 0. The fourth-order valence-electron chi connectivity index (χ4n) is 4.09.